The molecule has 3 N–H and O–H groups in total. The number of carbonyl (C=O) groups excluding carboxylic acids is 1. The summed E-state index contributed by atoms with van der Waals surface area (Å²) in [6, 6.07) is 21.3. The highest BCUT2D eigenvalue weighted by Crippen LogP contribution is 2.65. The predicted molar refractivity (Wildman–Crippen MR) is 151 cm³/mol. The predicted octanol–water partition coefficient (Wildman–Crippen LogP) is 6.11. The fraction of sp³-hybridized carbons (Fsp3) is 0.258. The lowest BCUT2D eigenvalue weighted by Gasteiger charge is -2.09. The Balaban J connectivity index is 0.000000431. The Hall–Kier alpha value is -4.44. The minimum absolute atomic E-state index is 0.128. The Bertz CT molecular complexity index is 1660. The number of nitrogens with one attached hydrogen (secondary N) is 2. The first-order chi connectivity index (χ1) is 19.4. The zero-order chi connectivity index (χ0) is 29.5. The summed E-state index contributed by atoms with van der Waals surface area (Å²) in [6.07, 6.45) is -0.0754. The standard InChI is InChI=1S/C29H28N4O.C2HF3O2/c1-18-4-12-26-23(14-18)29(28(34)30-26)16-24(29)21-10-11-22-25(31-32-27(22)15-21)13-9-19-5-7-20(8-6-19)17-33(2)3;3-2(4,5)1(6)7/h4-15,24H,16-17H2,1-3H3,(H,30,34)(H,31,32);(H,6,7)/b13-9+;. The fourth-order valence-electron chi connectivity index (χ4n) is 5.38. The van der Waals surface area contributed by atoms with Gasteiger partial charge in [-0.05, 0) is 67.9 Å². The molecular formula is C31H29F3N4O3. The number of hydrogen-bond acceptors (Lipinski definition) is 4. The molecule has 7 nitrogen and oxygen atoms in total. The van der Waals surface area contributed by atoms with Gasteiger partial charge >= 0.3 is 12.1 Å². The number of carboxylic acids is 1. The number of carbonyl (C=O) groups is 2. The second-order valence-corrected chi connectivity index (χ2v) is 10.8. The molecule has 2 atom stereocenters. The van der Waals surface area contributed by atoms with Gasteiger partial charge in [0.05, 0.1) is 16.6 Å². The van der Waals surface area contributed by atoms with Crippen LogP contribution in [0, 0.1) is 6.92 Å². The van der Waals surface area contributed by atoms with E-state index in [0.717, 1.165) is 46.4 Å². The minimum atomic E-state index is -5.08. The molecule has 2 heterocycles. The number of benzene rings is 3. The summed E-state index contributed by atoms with van der Waals surface area (Å²) in [5, 5.41) is 19.0. The number of anilines is 1. The van der Waals surface area contributed by atoms with Gasteiger partial charge in [0.2, 0.25) is 5.91 Å². The molecule has 1 fully saturated rings. The summed E-state index contributed by atoms with van der Waals surface area (Å²) in [5.74, 6) is -2.43. The number of nitrogens with zero attached hydrogens (tertiary/aromatic N) is 2. The molecule has 6 rings (SSSR count). The number of carboxylic acid groups (broad SMARTS) is 1. The minimum Gasteiger partial charge on any atom is -0.475 e. The highest BCUT2D eigenvalue weighted by molar-refractivity contribution is 6.10. The second-order valence-electron chi connectivity index (χ2n) is 10.8. The van der Waals surface area contributed by atoms with Gasteiger partial charge in [0.1, 0.15) is 0 Å². The monoisotopic (exact) mass is 562 g/mol. The highest BCUT2D eigenvalue weighted by atomic mass is 19.4. The van der Waals surface area contributed by atoms with E-state index < -0.39 is 17.6 Å². The number of fused-ring (bicyclic) bond motifs is 3. The van der Waals surface area contributed by atoms with Crippen LogP contribution in [-0.4, -0.2) is 52.4 Å². The van der Waals surface area contributed by atoms with Gasteiger partial charge in [-0.15, -0.1) is 0 Å². The Morgan fingerprint density at radius 1 is 1.10 bits per heavy atom. The van der Waals surface area contributed by atoms with Crippen molar-refractivity contribution in [1.29, 1.82) is 0 Å². The maximum atomic E-state index is 12.9. The summed E-state index contributed by atoms with van der Waals surface area (Å²) in [7, 11) is 4.15. The number of hydrogen-bond donors (Lipinski definition) is 3. The van der Waals surface area contributed by atoms with Crippen molar-refractivity contribution in [3.63, 3.8) is 0 Å². The third kappa shape index (κ3) is 5.60. The molecule has 1 aliphatic heterocycles. The van der Waals surface area contributed by atoms with Crippen molar-refractivity contribution in [3.05, 3.63) is 94.2 Å². The SMILES string of the molecule is Cc1ccc2c(c1)C1(CC1c1ccc3c(/C=C/c4ccc(CN(C)C)cc4)n[nH]c3c1)C(=O)N2.O=C(O)C(F)(F)F. The molecule has 1 amide bonds. The third-order valence-electron chi connectivity index (χ3n) is 7.44. The van der Waals surface area contributed by atoms with E-state index in [-0.39, 0.29) is 11.8 Å². The van der Waals surface area contributed by atoms with Crippen molar-refractivity contribution in [1.82, 2.24) is 15.1 Å². The van der Waals surface area contributed by atoms with E-state index in [1.54, 1.807) is 0 Å². The van der Waals surface area contributed by atoms with Gasteiger partial charge in [-0.2, -0.15) is 18.3 Å². The Morgan fingerprint density at radius 2 is 1.80 bits per heavy atom. The van der Waals surface area contributed by atoms with Gasteiger partial charge in [-0.1, -0.05) is 60.2 Å². The lowest BCUT2D eigenvalue weighted by atomic mass is 9.91. The van der Waals surface area contributed by atoms with Crippen LogP contribution in [0.5, 0.6) is 0 Å². The summed E-state index contributed by atoms with van der Waals surface area (Å²) >= 11 is 0. The number of alkyl halides is 3. The maximum Gasteiger partial charge on any atom is 0.490 e. The van der Waals surface area contributed by atoms with Crippen LogP contribution in [0.3, 0.4) is 0 Å². The van der Waals surface area contributed by atoms with Crippen LogP contribution in [-0.2, 0) is 21.5 Å². The summed E-state index contributed by atoms with van der Waals surface area (Å²) < 4.78 is 31.7. The van der Waals surface area contributed by atoms with Gasteiger partial charge in [-0.25, -0.2) is 4.79 Å². The van der Waals surface area contributed by atoms with Crippen molar-refractivity contribution in [2.75, 3.05) is 19.4 Å². The van der Waals surface area contributed by atoms with Crippen LogP contribution in [0.4, 0.5) is 18.9 Å². The molecule has 0 radical (unpaired) electrons. The molecule has 1 aliphatic carbocycles. The number of H-pyrrole nitrogens is 1. The first-order valence-corrected chi connectivity index (χ1v) is 13.0. The van der Waals surface area contributed by atoms with E-state index in [9.17, 15) is 18.0 Å². The Kier molecular flexibility index (Phi) is 7.21. The Labute approximate surface area is 234 Å². The molecular weight excluding hydrogens is 533 g/mol. The third-order valence-corrected chi connectivity index (χ3v) is 7.44. The van der Waals surface area contributed by atoms with E-state index in [0.29, 0.717) is 0 Å². The van der Waals surface area contributed by atoms with E-state index in [1.807, 2.05) is 6.07 Å². The lowest BCUT2D eigenvalue weighted by Crippen LogP contribution is -2.21. The Morgan fingerprint density at radius 3 is 2.46 bits per heavy atom. The molecule has 1 saturated carbocycles. The van der Waals surface area contributed by atoms with Crippen LogP contribution < -0.4 is 5.32 Å². The normalized spacial score (nSPS) is 19.4. The van der Waals surface area contributed by atoms with Crippen molar-refractivity contribution < 1.29 is 27.9 Å². The van der Waals surface area contributed by atoms with Gasteiger partial charge in [0.15, 0.2) is 0 Å². The smallest absolute Gasteiger partial charge is 0.475 e. The maximum absolute atomic E-state index is 12.9. The van der Waals surface area contributed by atoms with Crippen LogP contribution in [0.1, 0.15) is 45.8 Å². The molecule has 2 unspecified atom stereocenters. The van der Waals surface area contributed by atoms with Crippen LogP contribution in [0.15, 0.2) is 60.7 Å². The largest absolute Gasteiger partial charge is 0.490 e. The van der Waals surface area contributed by atoms with E-state index in [4.69, 9.17) is 9.90 Å². The summed E-state index contributed by atoms with van der Waals surface area (Å²) in [6.45, 7) is 3.02. The number of rotatable bonds is 5. The van der Waals surface area contributed by atoms with E-state index >= 15 is 0 Å². The number of aryl methyl sites for hydroxylation is 1. The quantitative estimate of drug-likeness (QED) is 0.273. The van der Waals surface area contributed by atoms with Gasteiger partial charge in [-0.3, -0.25) is 9.89 Å². The number of aromatic amines is 1. The average Bonchev–Trinajstić information content (AvgIpc) is 3.45. The first kappa shape index (κ1) is 28.1. The zero-order valence-electron chi connectivity index (χ0n) is 22.7. The molecule has 10 heteroatoms. The molecule has 41 heavy (non-hydrogen) atoms. The molecule has 4 aromatic rings. The highest BCUT2D eigenvalue weighted by Gasteiger charge is 2.65. The van der Waals surface area contributed by atoms with Crippen molar-refractivity contribution in [2.24, 2.45) is 0 Å². The van der Waals surface area contributed by atoms with Crippen molar-refractivity contribution in [2.45, 2.75) is 37.4 Å². The van der Waals surface area contributed by atoms with Crippen LogP contribution in [0.2, 0.25) is 0 Å². The second kappa shape index (κ2) is 10.5. The van der Waals surface area contributed by atoms with Gasteiger partial charge < -0.3 is 15.3 Å². The topological polar surface area (TPSA) is 98.3 Å². The average molecular weight is 563 g/mol. The molecule has 3 aromatic carbocycles. The van der Waals surface area contributed by atoms with E-state index in [2.05, 4.69) is 108 Å². The van der Waals surface area contributed by atoms with Gasteiger partial charge in [0.25, 0.3) is 0 Å². The first-order valence-electron chi connectivity index (χ1n) is 13.0. The van der Waals surface area contributed by atoms with E-state index in [1.165, 1.54) is 16.7 Å². The fourth-order valence-corrected chi connectivity index (χ4v) is 5.38. The number of amides is 1. The van der Waals surface area contributed by atoms with Crippen molar-refractivity contribution in [3.8, 4) is 0 Å². The molecule has 1 aromatic heterocycles. The molecule has 0 bridgehead atoms. The number of halogens is 3. The molecule has 212 valence electrons. The molecule has 1 spiro atoms. The summed E-state index contributed by atoms with van der Waals surface area (Å²) in [4.78, 5) is 24.0. The van der Waals surface area contributed by atoms with Crippen LogP contribution in [0.25, 0.3) is 23.1 Å². The van der Waals surface area contributed by atoms with Crippen molar-refractivity contribution >= 4 is 40.6 Å². The molecule has 0 saturated heterocycles. The lowest BCUT2D eigenvalue weighted by molar-refractivity contribution is -0.192. The van der Waals surface area contributed by atoms with Crippen LogP contribution >= 0.6 is 0 Å². The van der Waals surface area contributed by atoms with Gasteiger partial charge in [0, 0.05) is 23.5 Å². The number of aromatic nitrogens is 2. The number of aliphatic carboxylic acids is 1. The summed E-state index contributed by atoms with van der Waals surface area (Å²) in [5.41, 5.74) is 8.43. The molecule has 2 aliphatic rings. The zero-order valence-corrected chi connectivity index (χ0v) is 22.7.